The summed E-state index contributed by atoms with van der Waals surface area (Å²) in [6.45, 7) is 7.43. The highest BCUT2D eigenvalue weighted by Gasteiger charge is 2.56. The van der Waals surface area contributed by atoms with Gasteiger partial charge in [-0.15, -0.1) is 0 Å². The molecule has 0 N–H and O–H groups in total. The Balaban J connectivity index is 1.27. The van der Waals surface area contributed by atoms with E-state index in [0.29, 0.717) is 42.0 Å². The van der Waals surface area contributed by atoms with Crippen LogP contribution < -0.4 is 0 Å². The number of benzene rings is 1. The Bertz CT molecular complexity index is 1140. The van der Waals surface area contributed by atoms with E-state index < -0.39 is 11.7 Å². The number of amides is 1. The number of alkyl halides is 3. The van der Waals surface area contributed by atoms with E-state index in [0.717, 1.165) is 51.1 Å². The van der Waals surface area contributed by atoms with Gasteiger partial charge in [0, 0.05) is 31.4 Å². The fraction of sp³-hybridized carbons (Fsp3) is 0.600. The van der Waals surface area contributed by atoms with Crippen LogP contribution in [0.3, 0.4) is 0 Å². The van der Waals surface area contributed by atoms with Crippen LogP contribution in [0.5, 0.6) is 0 Å². The van der Waals surface area contributed by atoms with Gasteiger partial charge in [-0.3, -0.25) is 9.78 Å². The van der Waals surface area contributed by atoms with Crippen molar-refractivity contribution in [2.45, 2.75) is 84.9 Å². The van der Waals surface area contributed by atoms with Crippen molar-refractivity contribution in [2.75, 3.05) is 6.54 Å². The van der Waals surface area contributed by atoms with Crippen LogP contribution in [0.4, 0.5) is 13.2 Å². The first-order chi connectivity index (χ1) is 17.0. The molecule has 194 valence electrons. The number of hydrogen-bond acceptors (Lipinski definition) is 2. The van der Waals surface area contributed by atoms with Gasteiger partial charge in [0.1, 0.15) is 0 Å². The molecule has 1 aliphatic heterocycles. The molecule has 6 heteroatoms. The van der Waals surface area contributed by atoms with Gasteiger partial charge < -0.3 is 4.90 Å². The molecule has 2 aromatic rings. The molecule has 1 aromatic heterocycles. The largest absolute Gasteiger partial charge is 0.417 e. The monoisotopic (exact) mass is 498 g/mol. The number of nitrogens with zero attached hydrogens (tertiary/aromatic N) is 2. The number of pyridine rings is 1. The molecule has 0 bridgehead atoms. The fourth-order valence-electron chi connectivity index (χ4n) is 7.48. The molecule has 36 heavy (non-hydrogen) atoms. The second-order valence-electron chi connectivity index (χ2n) is 11.8. The first-order valence-electron chi connectivity index (χ1n) is 13.5. The summed E-state index contributed by atoms with van der Waals surface area (Å²) < 4.78 is 39.7. The zero-order valence-electron chi connectivity index (χ0n) is 21.6. The van der Waals surface area contributed by atoms with E-state index in [1.807, 2.05) is 4.90 Å². The van der Waals surface area contributed by atoms with E-state index in [-0.39, 0.29) is 17.9 Å². The van der Waals surface area contributed by atoms with Crippen LogP contribution >= 0.6 is 0 Å². The second kappa shape index (κ2) is 9.50. The lowest BCUT2D eigenvalue weighted by molar-refractivity contribution is -0.144. The van der Waals surface area contributed by atoms with Gasteiger partial charge in [-0.1, -0.05) is 37.1 Å². The number of carbonyl (C=O) groups is 1. The summed E-state index contributed by atoms with van der Waals surface area (Å²) in [6, 6.07) is 7.88. The van der Waals surface area contributed by atoms with Crippen LogP contribution in [0.1, 0.15) is 79.0 Å². The fourth-order valence-corrected chi connectivity index (χ4v) is 7.48. The SMILES string of the molecule is Cc1ccc(CC(C)CC2CC3CCCC3(C(=O)N3CCc4ncc(C(F)(F)F)cc4C3)C2)c(C)c1. The first kappa shape index (κ1) is 25.3. The molecule has 1 aromatic carbocycles. The Morgan fingerprint density at radius 1 is 1.25 bits per heavy atom. The van der Waals surface area contributed by atoms with E-state index in [4.69, 9.17) is 0 Å². The molecule has 2 fully saturated rings. The summed E-state index contributed by atoms with van der Waals surface area (Å²) in [7, 11) is 0. The Morgan fingerprint density at radius 3 is 2.81 bits per heavy atom. The van der Waals surface area contributed by atoms with Crippen molar-refractivity contribution in [3.8, 4) is 0 Å². The van der Waals surface area contributed by atoms with E-state index >= 15 is 0 Å². The zero-order valence-corrected chi connectivity index (χ0v) is 21.6. The van der Waals surface area contributed by atoms with Gasteiger partial charge in [0.25, 0.3) is 0 Å². The maximum Gasteiger partial charge on any atom is 0.417 e. The molecule has 4 atom stereocenters. The van der Waals surface area contributed by atoms with E-state index in [1.54, 1.807) is 0 Å². The Kier molecular flexibility index (Phi) is 6.67. The molecule has 4 unspecified atom stereocenters. The van der Waals surface area contributed by atoms with Gasteiger partial charge in [-0.2, -0.15) is 13.2 Å². The highest BCUT2D eigenvalue weighted by atomic mass is 19.4. The lowest BCUT2D eigenvalue weighted by Gasteiger charge is -2.37. The van der Waals surface area contributed by atoms with Crippen molar-refractivity contribution in [3.63, 3.8) is 0 Å². The molecule has 0 saturated heterocycles. The third-order valence-electron chi connectivity index (χ3n) is 9.11. The number of aromatic nitrogens is 1. The molecule has 2 saturated carbocycles. The van der Waals surface area contributed by atoms with Crippen molar-refractivity contribution in [1.29, 1.82) is 0 Å². The van der Waals surface area contributed by atoms with Crippen LogP contribution in [0.25, 0.3) is 0 Å². The Morgan fingerprint density at radius 2 is 2.06 bits per heavy atom. The smallest absolute Gasteiger partial charge is 0.337 e. The quantitative estimate of drug-likeness (QED) is 0.442. The molecule has 2 heterocycles. The molecule has 5 rings (SSSR count). The maximum absolute atomic E-state index is 14.0. The van der Waals surface area contributed by atoms with Gasteiger partial charge >= 0.3 is 6.18 Å². The van der Waals surface area contributed by atoms with Crippen LogP contribution in [-0.4, -0.2) is 22.3 Å². The van der Waals surface area contributed by atoms with E-state index in [2.05, 4.69) is 44.0 Å². The molecular weight excluding hydrogens is 461 g/mol. The van der Waals surface area contributed by atoms with Gasteiger partial charge in [0.05, 0.1) is 11.0 Å². The van der Waals surface area contributed by atoms with Gasteiger partial charge in [0.15, 0.2) is 0 Å². The normalized spacial score (nSPS) is 26.6. The van der Waals surface area contributed by atoms with Crippen molar-refractivity contribution in [1.82, 2.24) is 9.88 Å². The average Bonchev–Trinajstić information content (AvgIpc) is 3.37. The standard InChI is InChI=1S/C30H37F3N2O/c1-19-6-7-23(21(3)11-19)13-20(2)12-22-14-25-5-4-9-29(25,16-22)28(36)35-10-8-27-24(18-35)15-26(17-34-27)30(31,32)33/h6-7,11,15,17,20,22,25H,4-5,8-10,12-14,16,18H2,1-3H3. The molecule has 2 aliphatic carbocycles. The molecule has 0 radical (unpaired) electrons. The number of aryl methyl sites for hydroxylation is 2. The van der Waals surface area contributed by atoms with Gasteiger partial charge in [0.2, 0.25) is 5.91 Å². The number of halogens is 3. The number of carbonyl (C=O) groups excluding carboxylic acids is 1. The molecule has 0 spiro atoms. The second-order valence-corrected chi connectivity index (χ2v) is 11.8. The minimum absolute atomic E-state index is 0.178. The zero-order chi connectivity index (χ0) is 25.7. The molecule has 1 amide bonds. The predicted octanol–water partition coefficient (Wildman–Crippen LogP) is 7.07. The van der Waals surface area contributed by atoms with Crippen molar-refractivity contribution >= 4 is 5.91 Å². The Hall–Kier alpha value is -2.37. The third-order valence-corrected chi connectivity index (χ3v) is 9.11. The van der Waals surface area contributed by atoms with Crippen molar-refractivity contribution in [3.05, 3.63) is 64.0 Å². The Labute approximate surface area is 212 Å². The maximum atomic E-state index is 14.0. The number of fused-ring (bicyclic) bond motifs is 2. The lowest BCUT2D eigenvalue weighted by atomic mass is 9.77. The summed E-state index contributed by atoms with van der Waals surface area (Å²) in [6.07, 6.45) is 4.33. The van der Waals surface area contributed by atoms with Crippen LogP contribution in [-0.2, 0) is 30.4 Å². The lowest BCUT2D eigenvalue weighted by Crippen LogP contribution is -2.46. The van der Waals surface area contributed by atoms with Crippen LogP contribution in [0, 0.1) is 37.0 Å². The molecular formula is C30H37F3N2O. The minimum Gasteiger partial charge on any atom is -0.337 e. The van der Waals surface area contributed by atoms with Gasteiger partial charge in [-0.25, -0.2) is 0 Å². The van der Waals surface area contributed by atoms with Crippen LogP contribution in [0.15, 0.2) is 30.5 Å². The summed E-state index contributed by atoms with van der Waals surface area (Å²) in [5.41, 5.74) is 4.24. The highest BCUT2D eigenvalue weighted by molar-refractivity contribution is 5.84. The predicted molar refractivity (Wildman–Crippen MR) is 134 cm³/mol. The summed E-state index contributed by atoms with van der Waals surface area (Å²) in [4.78, 5) is 19.9. The molecule has 3 aliphatic rings. The minimum atomic E-state index is -4.42. The van der Waals surface area contributed by atoms with Crippen molar-refractivity contribution in [2.24, 2.45) is 23.2 Å². The summed E-state index contributed by atoms with van der Waals surface area (Å²) in [5, 5.41) is 0. The third kappa shape index (κ3) is 4.80. The summed E-state index contributed by atoms with van der Waals surface area (Å²) >= 11 is 0. The van der Waals surface area contributed by atoms with Gasteiger partial charge in [-0.05, 0) is 92.9 Å². The summed E-state index contributed by atoms with van der Waals surface area (Å²) in [5.74, 6) is 1.67. The van der Waals surface area contributed by atoms with E-state index in [9.17, 15) is 18.0 Å². The average molecular weight is 499 g/mol. The number of rotatable bonds is 5. The van der Waals surface area contributed by atoms with E-state index in [1.165, 1.54) is 22.8 Å². The topological polar surface area (TPSA) is 33.2 Å². The highest BCUT2D eigenvalue weighted by Crippen LogP contribution is 2.58. The van der Waals surface area contributed by atoms with Crippen LogP contribution in [0.2, 0.25) is 0 Å². The molecule has 3 nitrogen and oxygen atoms in total. The first-order valence-corrected chi connectivity index (χ1v) is 13.5. The van der Waals surface area contributed by atoms with Crippen molar-refractivity contribution < 1.29 is 18.0 Å². The number of hydrogen-bond donors (Lipinski definition) is 0.